The van der Waals surface area contributed by atoms with Gasteiger partial charge in [-0.15, -0.1) is 0 Å². The van der Waals surface area contributed by atoms with Gasteiger partial charge in [-0.3, -0.25) is 9.48 Å². The largest absolute Gasteiger partial charge is 0.490 e. The number of nitrogens with one attached hydrogen (secondary N) is 1. The highest BCUT2D eigenvalue weighted by Gasteiger charge is 2.13. The molecule has 0 unspecified atom stereocenters. The van der Waals surface area contributed by atoms with E-state index in [2.05, 4.69) is 24.3 Å². The van der Waals surface area contributed by atoms with Crippen LogP contribution in [0.4, 0.5) is 5.69 Å². The lowest BCUT2D eigenvalue weighted by Gasteiger charge is -2.09. The summed E-state index contributed by atoms with van der Waals surface area (Å²) in [7, 11) is 0. The van der Waals surface area contributed by atoms with Crippen LogP contribution >= 0.6 is 11.6 Å². The van der Waals surface area contributed by atoms with Crippen molar-refractivity contribution in [3.63, 3.8) is 0 Å². The average Bonchev–Trinajstić information content (AvgIpc) is 2.78. The van der Waals surface area contributed by atoms with Crippen LogP contribution in [0.3, 0.4) is 0 Å². The SMILES string of the molecule is Cc1nn(CC(C)C)c(Cl)c1/C=C/C(=O)Nc1ccc2c(c1)OCCCO2. The highest BCUT2D eigenvalue weighted by molar-refractivity contribution is 6.31. The molecule has 0 spiro atoms. The topological polar surface area (TPSA) is 65.4 Å². The maximum Gasteiger partial charge on any atom is 0.248 e. The van der Waals surface area contributed by atoms with E-state index in [4.69, 9.17) is 21.1 Å². The zero-order valence-electron chi connectivity index (χ0n) is 15.8. The van der Waals surface area contributed by atoms with Crippen LogP contribution in [0.5, 0.6) is 11.5 Å². The number of nitrogens with zero attached hydrogens (tertiary/aromatic N) is 2. The Labute approximate surface area is 164 Å². The second-order valence-electron chi connectivity index (χ2n) is 6.90. The molecule has 6 nitrogen and oxygen atoms in total. The maximum absolute atomic E-state index is 12.3. The predicted molar refractivity (Wildman–Crippen MR) is 107 cm³/mol. The van der Waals surface area contributed by atoms with E-state index in [1.807, 2.05) is 6.92 Å². The highest BCUT2D eigenvalue weighted by atomic mass is 35.5. The number of ether oxygens (including phenoxy) is 2. The van der Waals surface area contributed by atoms with Gasteiger partial charge >= 0.3 is 0 Å². The Balaban J connectivity index is 1.69. The molecule has 0 bridgehead atoms. The first kappa shape index (κ1) is 19.3. The van der Waals surface area contributed by atoms with Crippen molar-refractivity contribution >= 4 is 29.3 Å². The third-order valence-electron chi connectivity index (χ3n) is 4.06. The molecule has 0 saturated heterocycles. The summed E-state index contributed by atoms with van der Waals surface area (Å²) in [6.45, 7) is 8.05. The molecule has 2 heterocycles. The van der Waals surface area contributed by atoms with E-state index in [0.717, 1.165) is 24.2 Å². The van der Waals surface area contributed by atoms with Gasteiger partial charge in [0, 0.05) is 36.4 Å². The molecule has 1 aliphatic heterocycles. The van der Waals surface area contributed by atoms with Crippen LogP contribution < -0.4 is 14.8 Å². The first-order valence-electron chi connectivity index (χ1n) is 9.05. The summed E-state index contributed by atoms with van der Waals surface area (Å²) in [4.78, 5) is 12.3. The molecule has 0 fully saturated rings. The minimum atomic E-state index is -0.253. The number of anilines is 1. The van der Waals surface area contributed by atoms with E-state index in [1.165, 1.54) is 6.08 Å². The molecule has 0 radical (unpaired) electrons. The second kappa shape index (κ2) is 8.48. The van der Waals surface area contributed by atoms with Crippen molar-refractivity contribution in [1.29, 1.82) is 0 Å². The predicted octanol–water partition coefficient (Wildman–Crippen LogP) is 4.31. The van der Waals surface area contributed by atoms with Gasteiger partial charge in [-0.25, -0.2) is 0 Å². The Morgan fingerprint density at radius 2 is 2.07 bits per heavy atom. The maximum atomic E-state index is 12.3. The zero-order chi connectivity index (χ0) is 19.4. The van der Waals surface area contributed by atoms with Gasteiger partial charge in [0.1, 0.15) is 5.15 Å². The van der Waals surface area contributed by atoms with Crippen LogP contribution in [0.25, 0.3) is 6.08 Å². The van der Waals surface area contributed by atoms with E-state index in [-0.39, 0.29) is 5.91 Å². The number of aromatic nitrogens is 2. The number of hydrogen-bond donors (Lipinski definition) is 1. The third kappa shape index (κ3) is 4.83. The lowest BCUT2D eigenvalue weighted by molar-refractivity contribution is -0.111. The first-order chi connectivity index (χ1) is 12.9. The Hall–Kier alpha value is -2.47. The summed E-state index contributed by atoms with van der Waals surface area (Å²) in [6, 6.07) is 5.36. The van der Waals surface area contributed by atoms with E-state index < -0.39 is 0 Å². The molecule has 1 aromatic heterocycles. The van der Waals surface area contributed by atoms with Crippen molar-refractivity contribution in [3.05, 3.63) is 40.7 Å². The number of fused-ring (bicyclic) bond motifs is 1. The summed E-state index contributed by atoms with van der Waals surface area (Å²) < 4.78 is 13.0. The standard InChI is InChI=1S/C20H24ClN3O3/c1-13(2)12-24-20(21)16(14(3)23-24)6-8-19(25)22-15-5-7-17-18(11-15)27-10-4-9-26-17/h5-8,11,13H,4,9-10,12H2,1-3H3,(H,22,25)/b8-6+. The van der Waals surface area contributed by atoms with Gasteiger partial charge in [0.05, 0.1) is 18.9 Å². The summed E-state index contributed by atoms with van der Waals surface area (Å²) in [5.74, 6) is 1.52. The van der Waals surface area contributed by atoms with Crippen LogP contribution in [0.1, 0.15) is 31.5 Å². The fourth-order valence-corrected chi connectivity index (χ4v) is 3.11. The Morgan fingerprint density at radius 3 is 2.81 bits per heavy atom. The molecule has 7 heteroatoms. The van der Waals surface area contributed by atoms with Gasteiger partial charge < -0.3 is 14.8 Å². The fourth-order valence-electron chi connectivity index (χ4n) is 2.81. The van der Waals surface area contributed by atoms with Gasteiger partial charge in [0.25, 0.3) is 0 Å². The van der Waals surface area contributed by atoms with Crippen molar-refractivity contribution in [2.24, 2.45) is 5.92 Å². The van der Waals surface area contributed by atoms with Gasteiger partial charge in [-0.2, -0.15) is 5.10 Å². The molecule has 1 amide bonds. The number of rotatable bonds is 5. The molecule has 144 valence electrons. The van der Waals surface area contributed by atoms with Gasteiger partial charge in [-0.05, 0) is 31.1 Å². The van der Waals surface area contributed by atoms with Crippen molar-refractivity contribution in [3.8, 4) is 11.5 Å². The molecular formula is C20H24ClN3O3. The van der Waals surface area contributed by atoms with Crippen LogP contribution in [0, 0.1) is 12.8 Å². The lowest BCUT2D eigenvalue weighted by atomic mass is 10.2. The number of aryl methyl sites for hydroxylation is 1. The molecule has 1 N–H and O–H groups in total. The van der Waals surface area contributed by atoms with Crippen LogP contribution in [-0.4, -0.2) is 28.9 Å². The van der Waals surface area contributed by atoms with Crippen LogP contribution in [0.15, 0.2) is 24.3 Å². The van der Waals surface area contributed by atoms with Gasteiger partial charge in [0.2, 0.25) is 5.91 Å². The summed E-state index contributed by atoms with van der Waals surface area (Å²) >= 11 is 6.40. The molecule has 27 heavy (non-hydrogen) atoms. The Bertz CT molecular complexity index is 858. The molecule has 0 saturated carbocycles. The minimum Gasteiger partial charge on any atom is -0.490 e. The lowest BCUT2D eigenvalue weighted by Crippen LogP contribution is -2.08. The number of benzene rings is 1. The van der Waals surface area contributed by atoms with Crippen molar-refractivity contribution in [2.45, 2.75) is 33.7 Å². The number of halogens is 1. The average molecular weight is 390 g/mol. The van der Waals surface area contributed by atoms with Crippen molar-refractivity contribution in [2.75, 3.05) is 18.5 Å². The third-order valence-corrected chi connectivity index (χ3v) is 4.46. The smallest absolute Gasteiger partial charge is 0.248 e. The monoisotopic (exact) mass is 389 g/mol. The molecule has 0 atom stereocenters. The second-order valence-corrected chi connectivity index (χ2v) is 7.26. The zero-order valence-corrected chi connectivity index (χ0v) is 16.5. The fraction of sp³-hybridized carbons (Fsp3) is 0.400. The molecular weight excluding hydrogens is 366 g/mol. The summed E-state index contributed by atoms with van der Waals surface area (Å²) in [5, 5.41) is 7.81. The van der Waals surface area contributed by atoms with E-state index >= 15 is 0 Å². The number of hydrogen-bond acceptors (Lipinski definition) is 4. The minimum absolute atomic E-state index is 0.253. The highest BCUT2D eigenvalue weighted by Crippen LogP contribution is 2.32. The Kier molecular flexibility index (Phi) is 6.06. The number of carbonyl (C=O) groups excluding carboxylic acids is 1. The van der Waals surface area contributed by atoms with Crippen LogP contribution in [-0.2, 0) is 11.3 Å². The first-order valence-corrected chi connectivity index (χ1v) is 9.43. The molecule has 1 aliphatic rings. The van der Waals surface area contributed by atoms with Gasteiger partial charge in [-0.1, -0.05) is 25.4 Å². The molecule has 2 aromatic rings. The van der Waals surface area contributed by atoms with Crippen LogP contribution in [0.2, 0.25) is 5.15 Å². The van der Waals surface area contributed by atoms with E-state index in [9.17, 15) is 4.79 Å². The summed E-state index contributed by atoms with van der Waals surface area (Å²) in [5.41, 5.74) is 2.19. The van der Waals surface area contributed by atoms with E-state index in [1.54, 1.807) is 29.0 Å². The quantitative estimate of drug-likeness (QED) is 0.773. The van der Waals surface area contributed by atoms with E-state index in [0.29, 0.717) is 41.5 Å². The van der Waals surface area contributed by atoms with Gasteiger partial charge in [0.15, 0.2) is 11.5 Å². The molecule has 3 rings (SSSR count). The molecule has 1 aromatic carbocycles. The molecule has 0 aliphatic carbocycles. The number of carbonyl (C=O) groups is 1. The van der Waals surface area contributed by atoms with Crippen molar-refractivity contribution < 1.29 is 14.3 Å². The summed E-state index contributed by atoms with van der Waals surface area (Å²) in [6.07, 6.45) is 3.99. The number of amides is 1. The normalized spacial score (nSPS) is 13.8. The van der Waals surface area contributed by atoms with Crippen molar-refractivity contribution in [1.82, 2.24) is 9.78 Å². The Morgan fingerprint density at radius 1 is 1.33 bits per heavy atom.